The number of hydrogen-bond acceptors (Lipinski definition) is 6. The van der Waals surface area contributed by atoms with Crippen molar-refractivity contribution >= 4 is 96.5 Å². The molecule has 29 heavy (non-hydrogen) atoms. The van der Waals surface area contributed by atoms with E-state index in [9.17, 15) is 9.59 Å². The summed E-state index contributed by atoms with van der Waals surface area (Å²) in [6.07, 6.45) is 0. The van der Waals surface area contributed by atoms with Gasteiger partial charge in [0.2, 0.25) is 11.0 Å². The lowest BCUT2D eigenvalue weighted by Gasteiger charge is -2.05. The summed E-state index contributed by atoms with van der Waals surface area (Å²) < 4.78 is 1.26. The normalized spacial score (nSPS) is 10.6. The first-order chi connectivity index (χ1) is 13.8. The van der Waals surface area contributed by atoms with Crippen LogP contribution >= 0.6 is 73.8 Å². The highest BCUT2D eigenvalue weighted by molar-refractivity contribution is 9.10. The van der Waals surface area contributed by atoms with Crippen molar-refractivity contribution in [2.24, 2.45) is 0 Å². The molecule has 0 unspecified atom stereocenters. The highest BCUT2D eigenvalue weighted by Gasteiger charge is 2.15. The van der Waals surface area contributed by atoms with E-state index in [2.05, 4.69) is 36.8 Å². The number of anilines is 2. The second kappa shape index (κ2) is 10.1. The van der Waals surface area contributed by atoms with Crippen molar-refractivity contribution in [2.75, 3.05) is 16.4 Å². The SMILES string of the molecule is O=C(CSc1nnc(NC(=O)c2cc(Br)ccc2Cl)s1)Nc1ccc(Cl)c(Cl)c1. The van der Waals surface area contributed by atoms with Gasteiger partial charge in [0.1, 0.15) is 0 Å². The second-order valence-electron chi connectivity index (χ2n) is 5.42. The molecule has 0 atom stereocenters. The number of nitrogens with zero attached hydrogens (tertiary/aromatic N) is 2. The van der Waals surface area contributed by atoms with Crippen LogP contribution in [-0.4, -0.2) is 27.8 Å². The van der Waals surface area contributed by atoms with Crippen molar-refractivity contribution in [3.63, 3.8) is 0 Å². The van der Waals surface area contributed by atoms with Gasteiger partial charge in [-0.15, -0.1) is 10.2 Å². The molecule has 0 saturated carbocycles. The van der Waals surface area contributed by atoms with Gasteiger partial charge in [-0.05, 0) is 36.4 Å². The third-order valence-corrected chi connectivity index (χ3v) is 6.86. The Bertz CT molecular complexity index is 1080. The molecule has 0 aliphatic carbocycles. The number of carbonyl (C=O) groups excluding carboxylic acids is 2. The van der Waals surface area contributed by atoms with E-state index < -0.39 is 5.91 Å². The average Bonchev–Trinajstić information content (AvgIpc) is 3.12. The van der Waals surface area contributed by atoms with Crippen LogP contribution in [0.4, 0.5) is 10.8 Å². The standard InChI is InChI=1S/C17H10BrCl3N4O2S2/c18-8-1-3-11(19)10(5-8)15(27)23-16-24-25-17(29-16)28-7-14(26)22-9-2-4-12(20)13(21)6-9/h1-6H,7H2,(H,22,26)(H,23,24,27). The van der Waals surface area contributed by atoms with Gasteiger partial charge in [0, 0.05) is 10.2 Å². The molecule has 1 aromatic heterocycles. The fourth-order valence-electron chi connectivity index (χ4n) is 2.05. The summed E-state index contributed by atoms with van der Waals surface area (Å²) >= 11 is 23.5. The van der Waals surface area contributed by atoms with E-state index in [4.69, 9.17) is 34.8 Å². The zero-order chi connectivity index (χ0) is 21.0. The Balaban J connectivity index is 1.54. The fraction of sp³-hybridized carbons (Fsp3) is 0.0588. The predicted octanol–water partition coefficient (Wildman–Crippen LogP) is 6.24. The van der Waals surface area contributed by atoms with E-state index in [-0.39, 0.29) is 11.7 Å². The molecule has 0 bridgehead atoms. The van der Waals surface area contributed by atoms with E-state index in [1.807, 2.05) is 0 Å². The molecule has 1 heterocycles. The summed E-state index contributed by atoms with van der Waals surface area (Å²) in [6, 6.07) is 9.79. The smallest absolute Gasteiger partial charge is 0.259 e. The van der Waals surface area contributed by atoms with Crippen LogP contribution < -0.4 is 10.6 Å². The lowest BCUT2D eigenvalue weighted by molar-refractivity contribution is -0.113. The van der Waals surface area contributed by atoms with Crippen LogP contribution in [0.1, 0.15) is 10.4 Å². The van der Waals surface area contributed by atoms with Crippen LogP contribution in [0.5, 0.6) is 0 Å². The summed E-state index contributed by atoms with van der Waals surface area (Å²) in [6.45, 7) is 0. The Morgan fingerprint density at radius 2 is 1.76 bits per heavy atom. The molecule has 0 aliphatic rings. The molecule has 0 fully saturated rings. The minimum absolute atomic E-state index is 0.111. The zero-order valence-electron chi connectivity index (χ0n) is 14.2. The van der Waals surface area contributed by atoms with Crippen molar-refractivity contribution in [3.8, 4) is 0 Å². The van der Waals surface area contributed by atoms with Crippen LogP contribution in [0, 0.1) is 0 Å². The topological polar surface area (TPSA) is 84.0 Å². The number of carbonyl (C=O) groups is 2. The summed E-state index contributed by atoms with van der Waals surface area (Å²) in [5, 5.41) is 14.6. The molecule has 3 rings (SSSR count). The highest BCUT2D eigenvalue weighted by Crippen LogP contribution is 2.28. The zero-order valence-corrected chi connectivity index (χ0v) is 19.7. The lowest BCUT2D eigenvalue weighted by atomic mass is 10.2. The molecular weight excluding hydrogens is 543 g/mol. The molecule has 0 saturated heterocycles. The molecule has 0 spiro atoms. The van der Waals surface area contributed by atoms with Gasteiger partial charge in [-0.25, -0.2) is 0 Å². The average molecular weight is 553 g/mol. The molecule has 6 nitrogen and oxygen atoms in total. The summed E-state index contributed by atoms with van der Waals surface area (Å²) in [7, 11) is 0. The van der Waals surface area contributed by atoms with E-state index in [1.165, 1.54) is 11.8 Å². The van der Waals surface area contributed by atoms with Gasteiger partial charge in [0.25, 0.3) is 5.91 Å². The molecular formula is C17H10BrCl3N4O2S2. The molecule has 0 aliphatic heterocycles. The van der Waals surface area contributed by atoms with Crippen molar-refractivity contribution in [3.05, 3.63) is 61.5 Å². The van der Waals surface area contributed by atoms with Gasteiger partial charge in [-0.2, -0.15) is 0 Å². The third-order valence-electron chi connectivity index (χ3n) is 3.33. The van der Waals surface area contributed by atoms with Crippen molar-refractivity contribution in [1.82, 2.24) is 10.2 Å². The van der Waals surface area contributed by atoms with E-state index in [0.717, 1.165) is 15.8 Å². The molecule has 150 valence electrons. The van der Waals surface area contributed by atoms with E-state index >= 15 is 0 Å². The van der Waals surface area contributed by atoms with Crippen LogP contribution in [0.2, 0.25) is 15.1 Å². The number of amides is 2. The quantitative estimate of drug-likeness (QED) is 0.279. The Morgan fingerprint density at radius 3 is 2.52 bits per heavy atom. The van der Waals surface area contributed by atoms with Crippen LogP contribution in [0.3, 0.4) is 0 Å². The maximum absolute atomic E-state index is 12.3. The first-order valence-electron chi connectivity index (χ1n) is 7.79. The van der Waals surface area contributed by atoms with Gasteiger partial charge >= 0.3 is 0 Å². The highest BCUT2D eigenvalue weighted by atomic mass is 79.9. The van der Waals surface area contributed by atoms with Crippen LogP contribution in [0.25, 0.3) is 0 Å². The molecule has 2 aromatic carbocycles. The number of halogens is 4. The molecule has 0 radical (unpaired) electrons. The Kier molecular flexibility index (Phi) is 7.78. The number of rotatable bonds is 6. The number of hydrogen-bond donors (Lipinski definition) is 2. The number of thioether (sulfide) groups is 1. The Hall–Kier alpha value is -1.36. The van der Waals surface area contributed by atoms with Crippen molar-refractivity contribution in [1.29, 1.82) is 0 Å². The first kappa shape index (κ1) is 22.3. The maximum atomic E-state index is 12.3. The third kappa shape index (κ3) is 6.31. The van der Waals surface area contributed by atoms with Gasteiger partial charge < -0.3 is 5.32 Å². The molecule has 2 amide bonds. The summed E-state index contributed by atoms with van der Waals surface area (Å²) in [5.41, 5.74) is 0.854. The van der Waals surface area contributed by atoms with Crippen LogP contribution in [-0.2, 0) is 4.79 Å². The maximum Gasteiger partial charge on any atom is 0.259 e. The second-order valence-corrected chi connectivity index (χ2v) is 9.75. The first-order valence-corrected chi connectivity index (χ1v) is 11.5. The molecule has 2 N–H and O–H groups in total. The largest absolute Gasteiger partial charge is 0.325 e. The van der Waals surface area contributed by atoms with E-state index in [0.29, 0.717) is 35.8 Å². The number of nitrogens with one attached hydrogen (secondary N) is 2. The van der Waals surface area contributed by atoms with E-state index in [1.54, 1.807) is 36.4 Å². The summed E-state index contributed by atoms with van der Waals surface area (Å²) in [4.78, 5) is 24.4. The monoisotopic (exact) mass is 550 g/mol. The number of aromatic nitrogens is 2. The van der Waals surface area contributed by atoms with Gasteiger partial charge in [-0.1, -0.05) is 73.8 Å². The number of benzene rings is 2. The molecule has 12 heteroatoms. The summed E-state index contributed by atoms with van der Waals surface area (Å²) in [5.74, 6) is -0.531. The lowest BCUT2D eigenvalue weighted by Crippen LogP contribution is -2.13. The molecule has 3 aromatic rings. The predicted molar refractivity (Wildman–Crippen MR) is 123 cm³/mol. The van der Waals surface area contributed by atoms with Crippen molar-refractivity contribution in [2.45, 2.75) is 4.34 Å². The Labute approximate surface area is 197 Å². The minimum atomic E-state index is -0.402. The fourth-order valence-corrected chi connectivity index (χ4v) is 4.46. The van der Waals surface area contributed by atoms with Gasteiger partial charge in [-0.3, -0.25) is 14.9 Å². The van der Waals surface area contributed by atoms with Crippen molar-refractivity contribution < 1.29 is 9.59 Å². The van der Waals surface area contributed by atoms with Gasteiger partial charge in [0.05, 0.1) is 26.4 Å². The van der Waals surface area contributed by atoms with Crippen LogP contribution in [0.15, 0.2) is 45.2 Å². The Morgan fingerprint density at radius 1 is 1.00 bits per heavy atom. The minimum Gasteiger partial charge on any atom is -0.325 e. The van der Waals surface area contributed by atoms with Gasteiger partial charge in [0.15, 0.2) is 4.34 Å².